The van der Waals surface area contributed by atoms with E-state index in [0.717, 1.165) is 66.9 Å². The number of benzene rings is 4. The third kappa shape index (κ3) is 5.44. The summed E-state index contributed by atoms with van der Waals surface area (Å²) < 4.78 is 6.24. The first-order valence-corrected chi connectivity index (χ1v) is 17.9. The Hall–Kier alpha value is -5.07. The number of imidazole rings is 3. The molecule has 0 spiro atoms. The van der Waals surface area contributed by atoms with Crippen molar-refractivity contribution >= 4 is 50.6 Å². The Balaban J connectivity index is 0.00000400. The van der Waals surface area contributed by atoms with E-state index in [1.165, 1.54) is 5.56 Å². The maximum atomic E-state index is 11.9. The van der Waals surface area contributed by atoms with Crippen molar-refractivity contribution < 1.29 is 26.2 Å². The summed E-state index contributed by atoms with van der Waals surface area (Å²) in [7, 11) is 0. The second-order valence-electron chi connectivity index (χ2n) is 17.1. The van der Waals surface area contributed by atoms with Crippen LogP contribution in [-0.4, -0.2) is 38.2 Å². The minimum Gasteiger partial charge on any atom is -0.515 e. The molecule has 1 N–H and O–H groups in total. The first-order chi connectivity index (χ1) is 24.6. The number of hydrogen-bond donors (Lipinski definition) is 1. The first-order valence-electron chi connectivity index (χ1n) is 17.9. The van der Waals surface area contributed by atoms with Crippen LogP contribution in [0, 0.1) is 6.07 Å². The van der Waals surface area contributed by atoms with Gasteiger partial charge in [-0.15, -0.1) is 29.3 Å². The fraction of sp³-hybridized carbons (Fsp3) is 0.273. The molecule has 0 unspecified atom stereocenters. The Labute approximate surface area is 322 Å². The van der Waals surface area contributed by atoms with E-state index in [4.69, 9.17) is 19.9 Å². The fourth-order valence-electron chi connectivity index (χ4n) is 7.28. The number of aromatic hydroxyl groups is 1. The first kappa shape index (κ1) is 35.0. The predicted octanol–water partition coefficient (Wildman–Crippen LogP) is 10.2. The van der Waals surface area contributed by atoms with Gasteiger partial charge in [-0.2, -0.15) is 0 Å². The van der Waals surface area contributed by atoms with Gasteiger partial charge in [0.15, 0.2) is 5.65 Å². The standard InChI is InChI=1S/C44H42N7O.Pt/c1-42(2,3)27-21-25(29-23-28(43(4,5)6)24-30(37(29)52)44(7,8)9)20-26(22-27)31-18-19-34-38(45-31)51-40-47-33-15-11-13-17-36(33)49(40)39-46-32-14-10-12-16-35(32)50(39)41(51)48-34;/h10-19,21-24,52H,1-9H3;/q-1;. The summed E-state index contributed by atoms with van der Waals surface area (Å²) >= 11 is 0. The number of fused-ring (bicyclic) bond motifs is 12. The van der Waals surface area contributed by atoms with Gasteiger partial charge in [-0.05, 0) is 63.3 Å². The molecule has 0 amide bonds. The van der Waals surface area contributed by atoms with Crippen LogP contribution in [0.3, 0.4) is 0 Å². The maximum absolute atomic E-state index is 11.9. The Kier molecular flexibility index (Phi) is 7.73. The molecule has 0 saturated carbocycles. The van der Waals surface area contributed by atoms with E-state index >= 15 is 0 Å². The second-order valence-corrected chi connectivity index (χ2v) is 17.1. The Morgan fingerprint density at radius 1 is 0.528 bits per heavy atom. The summed E-state index contributed by atoms with van der Waals surface area (Å²) in [6, 6.07) is 32.7. The van der Waals surface area contributed by atoms with Gasteiger partial charge in [0.1, 0.15) is 5.52 Å². The van der Waals surface area contributed by atoms with Crippen LogP contribution in [0.2, 0.25) is 0 Å². The van der Waals surface area contributed by atoms with E-state index in [1.54, 1.807) is 0 Å². The minimum atomic E-state index is -0.255. The topological polar surface area (TPSA) is 85.0 Å². The number of pyridine rings is 1. The molecule has 0 aliphatic heterocycles. The van der Waals surface area contributed by atoms with Gasteiger partial charge in [-0.3, -0.25) is 4.98 Å². The summed E-state index contributed by atoms with van der Waals surface area (Å²) in [6.45, 7) is 19.7. The van der Waals surface area contributed by atoms with Crippen LogP contribution in [0.15, 0.2) is 84.9 Å². The van der Waals surface area contributed by atoms with E-state index < -0.39 is 0 Å². The second kappa shape index (κ2) is 11.7. The van der Waals surface area contributed by atoms with E-state index in [1.807, 2.05) is 52.9 Å². The average molecular weight is 880 g/mol. The van der Waals surface area contributed by atoms with Crippen molar-refractivity contribution in [2.75, 3.05) is 0 Å². The average Bonchev–Trinajstić information content (AvgIpc) is 3.77. The summed E-state index contributed by atoms with van der Waals surface area (Å²) in [4.78, 5) is 20.7. The largest absolute Gasteiger partial charge is 0.515 e. The van der Waals surface area contributed by atoms with Gasteiger partial charge in [0.2, 0.25) is 17.3 Å². The molecule has 5 heterocycles. The van der Waals surface area contributed by atoms with Crippen LogP contribution < -0.4 is 0 Å². The number of aromatic nitrogens is 7. The summed E-state index contributed by atoms with van der Waals surface area (Å²) in [5.74, 6) is 2.43. The van der Waals surface area contributed by atoms with Crippen LogP contribution in [0.1, 0.15) is 79.0 Å². The molecule has 9 heteroatoms. The van der Waals surface area contributed by atoms with E-state index in [-0.39, 0.29) is 37.3 Å². The number of phenolic OH excluding ortho intramolecular Hbond substituents is 1. The molecule has 9 aromatic rings. The van der Waals surface area contributed by atoms with Gasteiger partial charge in [-0.25, -0.2) is 28.2 Å². The molecule has 5 aromatic heterocycles. The minimum absolute atomic E-state index is 0. The maximum Gasteiger partial charge on any atom is 0.226 e. The van der Waals surface area contributed by atoms with Crippen LogP contribution in [0.4, 0.5) is 0 Å². The van der Waals surface area contributed by atoms with Gasteiger partial charge < -0.3 is 5.11 Å². The van der Waals surface area contributed by atoms with Crippen molar-refractivity contribution in [3.8, 4) is 28.1 Å². The molecule has 8 nitrogen and oxygen atoms in total. The van der Waals surface area contributed by atoms with Crippen molar-refractivity contribution in [2.45, 2.75) is 78.6 Å². The van der Waals surface area contributed by atoms with Crippen molar-refractivity contribution in [1.29, 1.82) is 0 Å². The molecule has 0 bridgehead atoms. The van der Waals surface area contributed by atoms with Gasteiger partial charge in [0, 0.05) is 26.8 Å². The molecule has 0 fully saturated rings. The van der Waals surface area contributed by atoms with Crippen molar-refractivity contribution in [3.63, 3.8) is 0 Å². The quantitative estimate of drug-likeness (QED) is 0.175. The molecule has 0 saturated heterocycles. The number of para-hydroxylation sites is 4. The summed E-state index contributed by atoms with van der Waals surface area (Å²) in [6.07, 6.45) is 0. The van der Waals surface area contributed by atoms with Crippen LogP contribution in [-0.2, 0) is 37.3 Å². The third-order valence-corrected chi connectivity index (χ3v) is 10.3. The zero-order valence-electron chi connectivity index (χ0n) is 31.5. The molecule has 0 aliphatic carbocycles. The van der Waals surface area contributed by atoms with Crippen LogP contribution >= 0.6 is 0 Å². The Bertz CT molecular complexity index is 2890. The van der Waals surface area contributed by atoms with E-state index in [2.05, 4.69) is 114 Å². The Morgan fingerprint density at radius 3 is 1.60 bits per heavy atom. The Morgan fingerprint density at radius 2 is 1.04 bits per heavy atom. The summed E-state index contributed by atoms with van der Waals surface area (Å²) in [5.41, 5.74) is 11.0. The molecule has 53 heavy (non-hydrogen) atoms. The van der Waals surface area contributed by atoms with Crippen LogP contribution in [0.25, 0.3) is 72.9 Å². The number of phenols is 1. The van der Waals surface area contributed by atoms with Crippen molar-refractivity contribution in [2.24, 2.45) is 0 Å². The van der Waals surface area contributed by atoms with Crippen LogP contribution in [0.5, 0.6) is 5.75 Å². The molecule has 9 rings (SSSR count). The predicted molar refractivity (Wildman–Crippen MR) is 210 cm³/mol. The molecule has 0 radical (unpaired) electrons. The van der Waals surface area contributed by atoms with Gasteiger partial charge >= 0.3 is 0 Å². The monoisotopic (exact) mass is 879 g/mol. The third-order valence-electron chi connectivity index (χ3n) is 10.3. The van der Waals surface area contributed by atoms with E-state index in [9.17, 15) is 5.11 Å². The SMILES string of the molecule is CC(C)(C)c1cc(-c2ccc3nc4n5c6ccccc6nc5n5c6ccccc6nc5n4c3n2)[c-]c(-c2cc(C(C)(C)C)cc(C(C)(C)C)c2O)c1.[Pt]. The zero-order chi connectivity index (χ0) is 36.5. The molecular formula is C44H42N7OPt-. The number of nitrogens with zero attached hydrogens (tertiary/aromatic N) is 7. The molecule has 270 valence electrons. The summed E-state index contributed by atoms with van der Waals surface area (Å²) in [5, 5.41) is 11.9. The fourth-order valence-corrected chi connectivity index (χ4v) is 7.28. The zero-order valence-corrected chi connectivity index (χ0v) is 33.7. The molecular weight excluding hydrogens is 838 g/mol. The van der Waals surface area contributed by atoms with Crippen molar-refractivity contribution in [1.82, 2.24) is 33.1 Å². The molecule has 0 aliphatic rings. The number of hydrogen-bond acceptors (Lipinski definition) is 5. The van der Waals surface area contributed by atoms with Gasteiger partial charge in [0.05, 0.1) is 27.8 Å². The van der Waals surface area contributed by atoms with Gasteiger partial charge in [0.25, 0.3) is 0 Å². The normalized spacial score (nSPS) is 12.9. The molecule has 4 aromatic carbocycles. The van der Waals surface area contributed by atoms with Gasteiger partial charge in [-0.1, -0.05) is 110 Å². The number of rotatable bonds is 2. The van der Waals surface area contributed by atoms with Crippen molar-refractivity contribution in [3.05, 3.63) is 108 Å². The van der Waals surface area contributed by atoms with E-state index in [0.29, 0.717) is 23.0 Å². The molecule has 0 atom stereocenters. The smallest absolute Gasteiger partial charge is 0.226 e.